The number of aryl methyl sites for hydroxylation is 1. The van der Waals surface area contributed by atoms with Crippen LogP contribution in [-0.4, -0.2) is 35.6 Å². The van der Waals surface area contributed by atoms with Gasteiger partial charge in [-0.15, -0.1) is 0 Å². The van der Waals surface area contributed by atoms with E-state index in [1.54, 1.807) is 0 Å². The van der Waals surface area contributed by atoms with E-state index in [9.17, 15) is 4.79 Å². The van der Waals surface area contributed by atoms with Crippen molar-refractivity contribution in [1.82, 2.24) is 4.90 Å². The van der Waals surface area contributed by atoms with Crippen LogP contribution in [0.5, 0.6) is 11.5 Å². The molecule has 0 N–H and O–H groups in total. The standard InChI is InChI=1S/C23H27NO3/c1-17(2)26-20-9-7-19(8-10-20)22(25)24-15-13-23(14-16-24)12-11-18-5-3-4-6-21(18)27-23/h3-10,17H,11-16H2,1-2H3. The van der Waals surface area contributed by atoms with Gasteiger partial charge < -0.3 is 14.4 Å². The van der Waals surface area contributed by atoms with Crippen LogP contribution >= 0.6 is 0 Å². The number of piperidine rings is 1. The number of likely N-dealkylation sites (tertiary alicyclic amines) is 1. The molecule has 0 aromatic heterocycles. The number of para-hydroxylation sites is 1. The molecular weight excluding hydrogens is 338 g/mol. The van der Waals surface area contributed by atoms with Crippen LogP contribution in [0.25, 0.3) is 0 Å². The van der Waals surface area contributed by atoms with Gasteiger partial charge in [0.2, 0.25) is 0 Å². The van der Waals surface area contributed by atoms with Gasteiger partial charge in [-0.3, -0.25) is 4.79 Å². The van der Waals surface area contributed by atoms with Crippen molar-refractivity contribution in [3.05, 3.63) is 59.7 Å². The summed E-state index contributed by atoms with van der Waals surface area (Å²) in [5.74, 6) is 1.91. The Morgan fingerprint density at radius 3 is 2.44 bits per heavy atom. The molecule has 2 aromatic rings. The summed E-state index contributed by atoms with van der Waals surface area (Å²) in [7, 11) is 0. The van der Waals surface area contributed by atoms with Crippen molar-refractivity contribution in [2.75, 3.05) is 13.1 Å². The zero-order valence-electron chi connectivity index (χ0n) is 16.1. The fourth-order valence-corrected chi connectivity index (χ4v) is 4.06. The van der Waals surface area contributed by atoms with Crippen molar-refractivity contribution in [1.29, 1.82) is 0 Å². The molecule has 27 heavy (non-hydrogen) atoms. The molecule has 4 rings (SSSR count). The quantitative estimate of drug-likeness (QED) is 0.805. The van der Waals surface area contributed by atoms with Crippen LogP contribution in [-0.2, 0) is 6.42 Å². The number of rotatable bonds is 3. The Bertz CT molecular complexity index is 805. The molecule has 0 aliphatic carbocycles. The number of amides is 1. The smallest absolute Gasteiger partial charge is 0.253 e. The maximum atomic E-state index is 12.8. The van der Waals surface area contributed by atoms with Gasteiger partial charge in [0.05, 0.1) is 6.10 Å². The second-order valence-electron chi connectivity index (χ2n) is 7.88. The molecule has 1 amide bonds. The number of nitrogens with zero attached hydrogens (tertiary/aromatic N) is 1. The van der Waals surface area contributed by atoms with Gasteiger partial charge >= 0.3 is 0 Å². The Hall–Kier alpha value is -2.49. The lowest BCUT2D eigenvalue weighted by Crippen LogP contribution is -2.51. The highest BCUT2D eigenvalue weighted by Crippen LogP contribution is 2.39. The monoisotopic (exact) mass is 365 g/mol. The Kier molecular flexibility index (Phi) is 4.81. The number of benzene rings is 2. The summed E-state index contributed by atoms with van der Waals surface area (Å²) in [6.45, 7) is 5.47. The van der Waals surface area contributed by atoms with Gasteiger partial charge in [-0.05, 0) is 62.6 Å². The topological polar surface area (TPSA) is 38.8 Å². The van der Waals surface area contributed by atoms with Crippen LogP contribution < -0.4 is 9.47 Å². The van der Waals surface area contributed by atoms with Crippen LogP contribution in [0.2, 0.25) is 0 Å². The third kappa shape index (κ3) is 3.80. The molecule has 4 nitrogen and oxygen atoms in total. The van der Waals surface area contributed by atoms with Crippen molar-refractivity contribution >= 4 is 5.91 Å². The van der Waals surface area contributed by atoms with E-state index in [-0.39, 0.29) is 17.6 Å². The molecular formula is C23H27NO3. The van der Waals surface area contributed by atoms with Crippen molar-refractivity contribution in [3.8, 4) is 11.5 Å². The first-order chi connectivity index (χ1) is 13.0. The minimum atomic E-state index is -0.111. The lowest BCUT2D eigenvalue weighted by atomic mass is 9.83. The molecule has 2 aliphatic rings. The summed E-state index contributed by atoms with van der Waals surface area (Å²) < 4.78 is 12.0. The fourth-order valence-electron chi connectivity index (χ4n) is 4.06. The van der Waals surface area contributed by atoms with Crippen LogP contribution in [0.15, 0.2) is 48.5 Å². The number of carbonyl (C=O) groups is 1. The molecule has 4 heteroatoms. The Morgan fingerprint density at radius 1 is 1.04 bits per heavy atom. The first-order valence-corrected chi connectivity index (χ1v) is 9.88. The molecule has 0 atom stereocenters. The largest absolute Gasteiger partial charge is 0.491 e. The predicted octanol–water partition coefficient (Wildman–Crippen LogP) is 4.47. The molecule has 0 radical (unpaired) electrons. The van der Waals surface area contributed by atoms with Crippen molar-refractivity contribution in [2.24, 2.45) is 0 Å². The molecule has 142 valence electrons. The number of hydrogen-bond donors (Lipinski definition) is 0. The van der Waals surface area contributed by atoms with E-state index in [4.69, 9.17) is 9.47 Å². The lowest BCUT2D eigenvalue weighted by Gasteiger charge is -2.44. The van der Waals surface area contributed by atoms with Crippen molar-refractivity contribution in [3.63, 3.8) is 0 Å². The van der Waals surface area contributed by atoms with E-state index < -0.39 is 0 Å². The second-order valence-corrected chi connectivity index (χ2v) is 7.88. The Labute approximate surface area is 161 Å². The van der Waals surface area contributed by atoms with E-state index in [0.717, 1.165) is 55.8 Å². The van der Waals surface area contributed by atoms with Crippen LogP contribution in [0, 0.1) is 0 Å². The number of ether oxygens (including phenoxy) is 2. The molecule has 2 aliphatic heterocycles. The predicted molar refractivity (Wildman–Crippen MR) is 105 cm³/mol. The third-order valence-corrected chi connectivity index (χ3v) is 5.58. The van der Waals surface area contributed by atoms with Crippen molar-refractivity contribution < 1.29 is 14.3 Å². The van der Waals surface area contributed by atoms with Gasteiger partial charge in [0.15, 0.2) is 0 Å². The van der Waals surface area contributed by atoms with Crippen LogP contribution in [0.1, 0.15) is 49.0 Å². The molecule has 0 bridgehead atoms. The van der Waals surface area contributed by atoms with Gasteiger partial charge in [0.25, 0.3) is 5.91 Å². The van der Waals surface area contributed by atoms with E-state index in [1.165, 1.54) is 5.56 Å². The molecule has 1 fully saturated rings. The molecule has 1 spiro atoms. The summed E-state index contributed by atoms with van der Waals surface area (Å²) in [5, 5.41) is 0. The first-order valence-electron chi connectivity index (χ1n) is 9.88. The summed E-state index contributed by atoms with van der Waals surface area (Å²) >= 11 is 0. The maximum absolute atomic E-state index is 12.8. The molecule has 2 heterocycles. The van der Waals surface area contributed by atoms with Gasteiger partial charge in [0, 0.05) is 31.5 Å². The van der Waals surface area contributed by atoms with Crippen molar-refractivity contribution in [2.45, 2.75) is 51.2 Å². The SMILES string of the molecule is CC(C)Oc1ccc(C(=O)N2CCC3(CCc4ccccc4O3)CC2)cc1. The van der Waals surface area contributed by atoms with Crippen LogP contribution in [0.4, 0.5) is 0 Å². The number of fused-ring (bicyclic) bond motifs is 1. The van der Waals surface area contributed by atoms with Gasteiger partial charge in [-0.1, -0.05) is 18.2 Å². The third-order valence-electron chi connectivity index (χ3n) is 5.58. The fraction of sp³-hybridized carbons (Fsp3) is 0.435. The average molecular weight is 365 g/mol. The zero-order valence-corrected chi connectivity index (χ0v) is 16.1. The molecule has 0 saturated carbocycles. The Morgan fingerprint density at radius 2 is 1.74 bits per heavy atom. The summed E-state index contributed by atoms with van der Waals surface area (Å²) in [6.07, 6.45) is 4.00. The zero-order chi connectivity index (χ0) is 18.9. The highest BCUT2D eigenvalue weighted by molar-refractivity contribution is 5.94. The summed E-state index contributed by atoms with van der Waals surface area (Å²) in [5.41, 5.74) is 1.91. The van der Waals surface area contributed by atoms with Gasteiger partial charge in [-0.2, -0.15) is 0 Å². The summed E-state index contributed by atoms with van der Waals surface area (Å²) in [6, 6.07) is 15.8. The highest BCUT2D eigenvalue weighted by atomic mass is 16.5. The number of hydrogen-bond acceptors (Lipinski definition) is 3. The van der Waals surface area contributed by atoms with Crippen LogP contribution in [0.3, 0.4) is 0 Å². The van der Waals surface area contributed by atoms with E-state index in [0.29, 0.717) is 0 Å². The normalized spacial score (nSPS) is 18.1. The van der Waals surface area contributed by atoms with E-state index >= 15 is 0 Å². The van der Waals surface area contributed by atoms with E-state index in [1.807, 2.05) is 49.1 Å². The van der Waals surface area contributed by atoms with E-state index in [2.05, 4.69) is 18.2 Å². The van der Waals surface area contributed by atoms with Gasteiger partial charge in [0.1, 0.15) is 17.1 Å². The second kappa shape index (κ2) is 7.26. The highest BCUT2D eigenvalue weighted by Gasteiger charge is 2.40. The number of carbonyl (C=O) groups excluding carboxylic acids is 1. The Balaban J connectivity index is 1.38. The molecule has 2 aromatic carbocycles. The minimum Gasteiger partial charge on any atom is -0.491 e. The maximum Gasteiger partial charge on any atom is 0.253 e. The van der Waals surface area contributed by atoms with Gasteiger partial charge in [-0.25, -0.2) is 0 Å². The first kappa shape index (κ1) is 17.9. The molecule has 0 unspecified atom stereocenters. The average Bonchev–Trinajstić information content (AvgIpc) is 2.68. The minimum absolute atomic E-state index is 0.0946. The lowest BCUT2D eigenvalue weighted by molar-refractivity contribution is -0.0106. The summed E-state index contributed by atoms with van der Waals surface area (Å²) in [4.78, 5) is 14.8. The molecule has 1 saturated heterocycles.